The Kier molecular flexibility index (Phi) is 4.87. The van der Waals surface area contributed by atoms with E-state index in [1.54, 1.807) is 18.5 Å². The predicted molar refractivity (Wildman–Crippen MR) is 81.4 cm³/mol. The van der Waals surface area contributed by atoms with Gasteiger partial charge in [-0.25, -0.2) is 18.1 Å². The predicted octanol–water partition coefficient (Wildman–Crippen LogP) is 1.70. The lowest BCUT2D eigenvalue weighted by Crippen LogP contribution is -2.25. The number of nitrogens with zero attached hydrogens (tertiary/aromatic N) is 2. The number of anilines is 1. The van der Waals surface area contributed by atoms with Crippen LogP contribution in [0.3, 0.4) is 0 Å². The van der Waals surface area contributed by atoms with E-state index in [1.165, 1.54) is 6.07 Å². The number of nitrogens with one attached hydrogen (secondary N) is 2. The van der Waals surface area contributed by atoms with Crippen molar-refractivity contribution in [1.29, 1.82) is 0 Å². The minimum absolute atomic E-state index is 0.139. The number of aromatic nitrogens is 2. The average molecular weight is 306 g/mol. The third kappa shape index (κ3) is 3.77. The number of pyridine rings is 2. The first-order valence-corrected chi connectivity index (χ1v) is 8.12. The minimum Gasteiger partial charge on any atom is -0.369 e. The first-order valence-electron chi connectivity index (χ1n) is 6.63. The average Bonchev–Trinajstić information content (AvgIpc) is 2.47. The van der Waals surface area contributed by atoms with E-state index in [1.807, 2.05) is 26.0 Å². The Morgan fingerprint density at radius 2 is 1.86 bits per heavy atom. The van der Waals surface area contributed by atoms with Gasteiger partial charge >= 0.3 is 0 Å². The highest BCUT2D eigenvalue weighted by Gasteiger charge is 2.19. The zero-order valence-electron chi connectivity index (χ0n) is 12.0. The van der Waals surface area contributed by atoms with Crippen molar-refractivity contribution in [1.82, 2.24) is 14.7 Å². The second-order valence-electron chi connectivity index (χ2n) is 4.47. The summed E-state index contributed by atoms with van der Waals surface area (Å²) in [6.07, 6.45) is 3.20. The van der Waals surface area contributed by atoms with Gasteiger partial charge in [0.2, 0.25) is 10.0 Å². The number of rotatable bonds is 6. The maximum atomic E-state index is 12.4. The summed E-state index contributed by atoms with van der Waals surface area (Å²) in [5.41, 5.74) is 1.65. The Morgan fingerprint density at radius 3 is 2.57 bits per heavy atom. The van der Waals surface area contributed by atoms with Crippen LogP contribution in [0.4, 0.5) is 5.82 Å². The molecule has 2 rings (SSSR count). The smallest absolute Gasteiger partial charge is 0.244 e. The molecule has 0 amide bonds. The molecule has 0 fully saturated rings. The van der Waals surface area contributed by atoms with Crippen LogP contribution < -0.4 is 10.0 Å². The van der Waals surface area contributed by atoms with E-state index < -0.39 is 10.0 Å². The summed E-state index contributed by atoms with van der Waals surface area (Å²) in [4.78, 5) is 8.38. The SMILES string of the molecule is CCNc1ncccc1S(=O)(=O)NCc1ncccc1C. The molecule has 0 radical (unpaired) electrons. The Balaban J connectivity index is 2.21. The fourth-order valence-electron chi connectivity index (χ4n) is 1.85. The van der Waals surface area contributed by atoms with Crippen LogP contribution >= 0.6 is 0 Å². The fraction of sp³-hybridized carbons (Fsp3) is 0.286. The quantitative estimate of drug-likeness (QED) is 0.848. The molecule has 0 saturated heterocycles. The molecular weight excluding hydrogens is 288 g/mol. The van der Waals surface area contributed by atoms with Gasteiger partial charge in [0.15, 0.2) is 0 Å². The van der Waals surface area contributed by atoms with Crippen LogP contribution in [0.2, 0.25) is 0 Å². The van der Waals surface area contributed by atoms with Crippen LogP contribution in [0.15, 0.2) is 41.6 Å². The molecule has 0 bridgehead atoms. The summed E-state index contributed by atoms with van der Waals surface area (Å²) in [5.74, 6) is 0.352. The molecule has 2 heterocycles. The van der Waals surface area contributed by atoms with E-state index in [2.05, 4.69) is 20.0 Å². The summed E-state index contributed by atoms with van der Waals surface area (Å²) >= 11 is 0. The molecule has 0 aliphatic carbocycles. The molecule has 2 aromatic rings. The lowest BCUT2D eigenvalue weighted by molar-refractivity contribution is 0.580. The molecule has 0 aromatic carbocycles. The summed E-state index contributed by atoms with van der Waals surface area (Å²) in [5, 5.41) is 2.95. The van der Waals surface area contributed by atoms with Crippen LogP contribution in [0.5, 0.6) is 0 Å². The maximum absolute atomic E-state index is 12.4. The summed E-state index contributed by atoms with van der Waals surface area (Å²) in [7, 11) is -3.64. The first-order chi connectivity index (χ1) is 10.0. The molecule has 7 heteroatoms. The standard InChI is InChI=1S/C14H18N4O2S/c1-3-15-14-13(7-5-9-17-14)21(19,20)18-10-12-11(2)6-4-8-16-12/h4-9,18H,3,10H2,1-2H3,(H,15,17). The van der Waals surface area contributed by atoms with E-state index in [4.69, 9.17) is 0 Å². The van der Waals surface area contributed by atoms with Crippen LogP contribution in [-0.2, 0) is 16.6 Å². The Morgan fingerprint density at radius 1 is 1.14 bits per heavy atom. The molecule has 2 aromatic heterocycles. The van der Waals surface area contributed by atoms with Gasteiger partial charge in [0.1, 0.15) is 10.7 Å². The molecule has 0 aliphatic rings. The van der Waals surface area contributed by atoms with Crippen molar-refractivity contribution in [3.63, 3.8) is 0 Å². The van der Waals surface area contributed by atoms with E-state index >= 15 is 0 Å². The highest BCUT2D eigenvalue weighted by Crippen LogP contribution is 2.18. The van der Waals surface area contributed by atoms with Crippen molar-refractivity contribution in [3.05, 3.63) is 47.9 Å². The van der Waals surface area contributed by atoms with Crippen molar-refractivity contribution in [2.24, 2.45) is 0 Å². The third-order valence-electron chi connectivity index (χ3n) is 2.95. The van der Waals surface area contributed by atoms with Gasteiger partial charge in [-0.3, -0.25) is 4.98 Å². The largest absolute Gasteiger partial charge is 0.369 e. The van der Waals surface area contributed by atoms with Crippen molar-refractivity contribution < 1.29 is 8.42 Å². The molecule has 21 heavy (non-hydrogen) atoms. The molecule has 6 nitrogen and oxygen atoms in total. The van der Waals surface area contributed by atoms with Gasteiger partial charge in [0.25, 0.3) is 0 Å². The van der Waals surface area contributed by atoms with Gasteiger partial charge in [-0.2, -0.15) is 0 Å². The minimum atomic E-state index is -3.64. The van der Waals surface area contributed by atoms with Crippen LogP contribution in [0.25, 0.3) is 0 Å². The second-order valence-corrected chi connectivity index (χ2v) is 6.21. The fourth-order valence-corrected chi connectivity index (χ4v) is 2.97. The van der Waals surface area contributed by atoms with Gasteiger partial charge in [0, 0.05) is 18.9 Å². The van der Waals surface area contributed by atoms with E-state index in [0.717, 1.165) is 5.56 Å². The van der Waals surface area contributed by atoms with Crippen LogP contribution in [0.1, 0.15) is 18.2 Å². The molecule has 0 saturated carbocycles. The van der Waals surface area contributed by atoms with Crippen molar-refractivity contribution in [3.8, 4) is 0 Å². The van der Waals surface area contributed by atoms with Crippen molar-refractivity contribution >= 4 is 15.8 Å². The molecular formula is C14H18N4O2S. The lowest BCUT2D eigenvalue weighted by Gasteiger charge is -2.11. The normalized spacial score (nSPS) is 11.3. The zero-order valence-corrected chi connectivity index (χ0v) is 12.8. The van der Waals surface area contributed by atoms with E-state index in [9.17, 15) is 8.42 Å². The molecule has 2 N–H and O–H groups in total. The monoisotopic (exact) mass is 306 g/mol. The Hall–Kier alpha value is -1.99. The van der Waals surface area contributed by atoms with Gasteiger partial charge in [-0.05, 0) is 37.6 Å². The van der Waals surface area contributed by atoms with Gasteiger partial charge in [0.05, 0.1) is 12.2 Å². The second kappa shape index (κ2) is 6.64. The maximum Gasteiger partial charge on any atom is 0.244 e. The number of aryl methyl sites for hydroxylation is 1. The topological polar surface area (TPSA) is 84.0 Å². The molecule has 0 unspecified atom stereocenters. The first kappa shape index (κ1) is 15.4. The summed E-state index contributed by atoms with van der Waals surface area (Å²) < 4.78 is 27.3. The molecule has 0 aliphatic heterocycles. The van der Waals surface area contributed by atoms with Crippen molar-refractivity contribution in [2.45, 2.75) is 25.3 Å². The number of sulfonamides is 1. The van der Waals surface area contributed by atoms with E-state index in [-0.39, 0.29) is 11.4 Å². The Labute approximate surface area is 124 Å². The molecule has 112 valence electrons. The Bertz CT molecular complexity index is 716. The van der Waals surface area contributed by atoms with E-state index in [0.29, 0.717) is 18.1 Å². The van der Waals surface area contributed by atoms with Gasteiger partial charge in [-0.15, -0.1) is 0 Å². The summed E-state index contributed by atoms with van der Waals surface area (Å²) in [6.45, 7) is 4.52. The van der Waals surface area contributed by atoms with Gasteiger partial charge < -0.3 is 5.32 Å². The third-order valence-corrected chi connectivity index (χ3v) is 4.38. The highest BCUT2D eigenvalue weighted by atomic mass is 32.2. The van der Waals surface area contributed by atoms with Crippen LogP contribution in [0, 0.1) is 6.92 Å². The van der Waals surface area contributed by atoms with Crippen LogP contribution in [-0.4, -0.2) is 24.9 Å². The van der Waals surface area contributed by atoms with Gasteiger partial charge in [-0.1, -0.05) is 6.07 Å². The number of hydrogen-bond donors (Lipinski definition) is 2. The highest BCUT2D eigenvalue weighted by molar-refractivity contribution is 7.89. The number of hydrogen-bond acceptors (Lipinski definition) is 5. The molecule has 0 atom stereocenters. The zero-order chi connectivity index (χ0) is 15.3. The summed E-state index contributed by atoms with van der Waals surface area (Å²) in [6, 6.07) is 6.84. The molecule has 0 spiro atoms. The van der Waals surface area contributed by atoms with Crippen molar-refractivity contribution in [2.75, 3.05) is 11.9 Å². The lowest BCUT2D eigenvalue weighted by atomic mass is 10.2.